The molecule has 0 aliphatic carbocycles. The third kappa shape index (κ3) is 4.97. The molecule has 1 aliphatic heterocycles. The molecule has 0 saturated carbocycles. The molecule has 2 aromatic carbocycles. The average Bonchev–Trinajstić information content (AvgIpc) is 2.89. The molecular weight excluding hydrogens is 427 g/mol. The van der Waals surface area contributed by atoms with Crippen LogP contribution in [0.5, 0.6) is 0 Å². The number of para-hydroxylation sites is 1. The number of aromatic nitrogens is 2. The van der Waals surface area contributed by atoms with Crippen LogP contribution in [-0.4, -0.2) is 40.4 Å². The number of likely N-dealkylation sites (tertiary alicyclic amines) is 1. The number of carbonyl (C=O) groups excluding carboxylic acids is 1. The molecule has 5 nitrogen and oxygen atoms in total. The van der Waals surface area contributed by atoms with Crippen LogP contribution in [0.3, 0.4) is 0 Å². The van der Waals surface area contributed by atoms with E-state index in [0.717, 1.165) is 48.1 Å². The molecule has 3 heterocycles. The van der Waals surface area contributed by atoms with Crippen molar-refractivity contribution in [2.24, 2.45) is 5.92 Å². The van der Waals surface area contributed by atoms with E-state index in [1.54, 1.807) is 12.3 Å². The van der Waals surface area contributed by atoms with E-state index in [9.17, 15) is 9.18 Å². The molecule has 2 aromatic heterocycles. The van der Waals surface area contributed by atoms with Crippen LogP contribution in [0.15, 0.2) is 79.0 Å². The monoisotopic (exact) mass is 454 g/mol. The number of nitrogens with one attached hydrogen (secondary N) is 1. The van der Waals surface area contributed by atoms with Gasteiger partial charge in [-0.1, -0.05) is 42.5 Å². The molecule has 6 heteroatoms. The number of rotatable bonds is 6. The number of hydrogen-bond acceptors (Lipinski definition) is 4. The van der Waals surface area contributed by atoms with Gasteiger partial charge in [-0.3, -0.25) is 14.7 Å². The molecule has 172 valence electrons. The van der Waals surface area contributed by atoms with Crippen LogP contribution >= 0.6 is 0 Å². The SMILES string of the molecule is O=C(NCC1CCN(Cc2ccccc2F)CC1)c1cc(-c2ccccn2)nc2ccccc12. The Morgan fingerprint density at radius 1 is 0.971 bits per heavy atom. The Labute approximate surface area is 198 Å². The lowest BCUT2D eigenvalue weighted by Gasteiger charge is -2.32. The summed E-state index contributed by atoms with van der Waals surface area (Å²) in [6.45, 7) is 3.06. The molecule has 1 fully saturated rings. The van der Waals surface area contributed by atoms with Crippen molar-refractivity contribution in [3.05, 3.63) is 95.9 Å². The molecule has 34 heavy (non-hydrogen) atoms. The van der Waals surface area contributed by atoms with Crippen LogP contribution in [-0.2, 0) is 6.54 Å². The minimum Gasteiger partial charge on any atom is -0.352 e. The Morgan fingerprint density at radius 2 is 1.74 bits per heavy atom. The van der Waals surface area contributed by atoms with Gasteiger partial charge in [0.25, 0.3) is 5.91 Å². The topological polar surface area (TPSA) is 58.1 Å². The van der Waals surface area contributed by atoms with Crippen LogP contribution < -0.4 is 5.32 Å². The quantitative estimate of drug-likeness (QED) is 0.442. The first-order valence-corrected chi connectivity index (χ1v) is 11.7. The van der Waals surface area contributed by atoms with Crippen molar-refractivity contribution in [2.75, 3.05) is 19.6 Å². The Morgan fingerprint density at radius 3 is 2.53 bits per heavy atom. The lowest BCUT2D eigenvalue weighted by Crippen LogP contribution is -2.38. The number of fused-ring (bicyclic) bond motifs is 1. The molecule has 1 aliphatic rings. The van der Waals surface area contributed by atoms with E-state index in [0.29, 0.717) is 30.3 Å². The number of benzene rings is 2. The van der Waals surface area contributed by atoms with Crippen LogP contribution in [0, 0.1) is 11.7 Å². The van der Waals surface area contributed by atoms with Crippen LogP contribution in [0.4, 0.5) is 4.39 Å². The predicted molar refractivity (Wildman–Crippen MR) is 132 cm³/mol. The molecule has 5 rings (SSSR count). The number of pyridine rings is 2. The maximum atomic E-state index is 14.0. The first-order valence-electron chi connectivity index (χ1n) is 11.7. The fourth-order valence-electron chi connectivity index (χ4n) is 4.56. The second-order valence-electron chi connectivity index (χ2n) is 8.81. The molecule has 1 N–H and O–H groups in total. The Balaban J connectivity index is 1.24. The number of hydrogen-bond donors (Lipinski definition) is 1. The second kappa shape index (κ2) is 10.1. The van der Waals surface area contributed by atoms with Gasteiger partial charge in [0.15, 0.2) is 0 Å². The fraction of sp³-hybridized carbons (Fsp3) is 0.250. The normalized spacial score (nSPS) is 14.9. The van der Waals surface area contributed by atoms with E-state index in [2.05, 4.69) is 15.2 Å². The number of halogens is 1. The van der Waals surface area contributed by atoms with E-state index < -0.39 is 0 Å². The zero-order chi connectivity index (χ0) is 23.3. The molecule has 0 bridgehead atoms. The maximum Gasteiger partial charge on any atom is 0.252 e. The average molecular weight is 455 g/mol. The van der Waals surface area contributed by atoms with Gasteiger partial charge in [-0.2, -0.15) is 0 Å². The smallest absolute Gasteiger partial charge is 0.252 e. The van der Waals surface area contributed by atoms with Gasteiger partial charge >= 0.3 is 0 Å². The number of carbonyl (C=O) groups is 1. The lowest BCUT2D eigenvalue weighted by molar-refractivity contribution is 0.0936. The van der Waals surface area contributed by atoms with Crippen molar-refractivity contribution in [3.63, 3.8) is 0 Å². The van der Waals surface area contributed by atoms with Gasteiger partial charge in [0.05, 0.1) is 22.5 Å². The molecule has 1 amide bonds. The van der Waals surface area contributed by atoms with Gasteiger partial charge in [-0.15, -0.1) is 0 Å². The summed E-state index contributed by atoms with van der Waals surface area (Å²) in [5.41, 5.74) is 3.55. The summed E-state index contributed by atoms with van der Waals surface area (Å²) < 4.78 is 14.0. The highest BCUT2D eigenvalue weighted by atomic mass is 19.1. The number of piperidine rings is 1. The van der Waals surface area contributed by atoms with Crippen molar-refractivity contribution >= 4 is 16.8 Å². The first kappa shape index (κ1) is 22.2. The van der Waals surface area contributed by atoms with Gasteiger partial charge < -0.3 is 5.32 Å². The van der Waals surface area contributed by atoms with Gasteiger partial charge in [-0.25, -0.2) is 9.37 Å². The summed E-state index contributed by atoms with van der Waals surface area (Å²) in [6, 6.07) is 22.2. The van der Waals surface area contributed by atoms with Gasteiger partial charge in [0, 0.05) is 30.2 Å². The molecular formula is C28H27FN4O. The number of amides is 1. The predicted octanol–water partition coefficient (Wildman–Crippen LogP) is 5.08. The summed E-state index contributed by atoms with van der Waals surface area (Å²) in [5.74, 6) is 0.167. The summed E-state index contributed by atoms with van der Waals surface area (Å²) >= 11 is 0. The van der Waals surface area contributed by atoms with Crippen molar-refractivity contribution < 1.29 is 9.18 Å². The Kier molecular flexibility index (Phi) is 6.58. The van der Waals surface area contributed by atoms with E-state index in [-0.39, 0.29) is 11.7 Å². The fourth-order valence-corrected chi connectivity index (χ4v) is 4.56. The highest BCUT2D eigenvalue weighted by Crippen LogP contribution is 2.24. The third-order valence-electron chi connectivity index (χ3n) is 6.50. The maximum absolute atomic E-state index is 14.0. The third-order valence-corrected chi connectivity index (χ3v) is 6.50. The van der Waals surface area contributed by atoms with Crippen LogP contribution in [0.1, 0.15) is 28.8 Å². The van der Waals surface area contributed by atoms with E-state index in [1.165, 1.54) is 6.07 Å². The highest BCUT2D eigenvalue weighted by molar-refractivity contribution is 6.07. The largest absolute Gasteiger partial charge is 0.352 e. The molecule has 4 aromatic rings. The van der Waals surface area contributed by atoms with Crippen molar-refractivity contribution in [1.29, 1.82) is 0 Å². The summed E-state index contributed by atoms with van der Waals surface area (Å²) in [6.07, 6.45) is 3.68. The Hall–Kier alpha value is -3.64. The molecule has 0 radical (unpaired) electrons. The van der Waals surface area contributed by atoms with Gasteiger partial charge in [0.1, 0.15) is 5.82 Å². The lowest BCUT2D eigenvalue weighted by atomic mass is 9.96. The first-order chi connectivity index (χ1) is 16.7. The zero-order valence-electron chi connectivity index (χ0n) is 19.0. The van der Waals surface area contributed by atoms with E-state index in [1.807, 2.05) is 60.7 Å². The highest BCUT2D eigenvalue weighted by Gasteiger charge is 2.21. The Bertz CT molecular complexity index is 1290. The number of nitrogens with zero attached hydrogens (tertiary/aromatic N) is 3. The minimum absolute atomic E-state index is 0.0930. The summed E-state index contributed by atoms with van der Waals surface area (Å²) in [5, 5.41) is 3.98. The molecule has 0 spiro atoms. The minimum atomic E-state index is -0.147. The van der Waals surface area contributed by atoms with E-state index >= 15 is 0 Å². The van der Waals surface area contributed by atoms with Crippen LogP contribution in [0.25, 0.3) is 22.3 Å². The second-order valence-corrected chi connectivity index (χ2v) is 8.81. The van der Waals surface area contributed by atoms with E-state index in [4.69, 9.17) is 4.98 Å². The van der Waals surface area contributed by atoms with Crippen molar-refractivity contribution in [3.8, 4) is 11.4 Å². The summed E-state index contributed by atoms with van der Waals surface area (Å²) in [4.78, 5) is 24.6. The molecule has 0 unspecified atom stereocenters. The van der Waals surface area contributed by atoms with Gasteiger partial charge in [-0.05, 0) is 62.2 Å². The zero-order valence-corrected chi connectivity index (χ0v) is 19.0. The molecule has 1 saturated heterocycles. The standard InChI is InChI=1S/C28H27FN4O/c29-24-9-3-1-7-21(24)19-33-15-12-20(13-16-33)18-31-28(34)23-17-27(26-11-5-6-14-30-26)32-25-10-4-2-8-22(23)25/h1-11,14,17,20H,12-13,15-16,18-19H2,(H,31,34). The van der Waals surface area contributed by atoms with Crippen molar-refractivity contribution in [1.82, 2.24) is 20.2 Å². The van der Waals surface area contributed by atoms with Crippen LogP contribution in [0.2, 0.25) is 0 Å². The molecule has 0 atom stereocenters. The summed E-state index contributed by atoms with van der Waals surface area (Å²) in [7, 11) is 0. The van der Waals surface area contributed by atoms with Crippen molar-refractivity contribution in [2.45, 2.75) is 19.4 Å². The van der Waals surface area contributed by atoms with Gasteiger partial charge in [0.2, 0.25) is 0 Å².